The van der Waals surface area contributed by atoms with Crippen LogP contribution < -0.4 is 0 Å². The Morgan fingerprint density at radius 2 is 1.94 bits per heavy atom. The summed E-state index contributed by atoms with van der Waals surface area (Å²) in [7, 11) is 1.68. The van der Waals surface area contributed by atoms with Crippen LogP contribution in [0, 0.1) is 5.41 Å². The molecule has 0 aliphatic rings. The average molecular weight is 253 g/mol. The lowest BCUT2D eigenvalue weighted by atomic mass is 9.87. The summed E-state index contributed by atoms with van der Waals surface area (Å²) in [6.07, 6.45) is 1.07. The van der Waals surface area contributed by atoms with Crippen molar-refractivity contribution in [2.45, 2.75) is 33.7 Å². The second-order valence-electron chi connectivity index (χ2n) is 5.46. The molecule has 0 saturated carbocycles. The van der Waals surface area contributed by atoms with Gasteiger partial charge in [-0.15, -0.1) is 0 Å². The Bertz CT molecular complexity index is 456. The van der Waals surface area contributed by atoms with Crippen LogP contribution >= 0.6 is 0 Å². The van der Waals surface area contributed by atoms with E-state index in [4.69, 9.17) is 9.52 Å². The molecule has 5 heteroatoms. The summed E-state index contributed by atoms with van der Waals surface area (Å²) in [6, 6.07) is 1.25. The van der Waals surface area contributed by atoms with E-state index in [0.717, 1.165) is 6.26 Å². The molecule has 1 heterocycles. The lowest BCUT2D eigenvalue weighted by molar-refractivity contribution is 0.0597. The maximum atomic E-state index is 12.1. The Balaban J connectivity index is 2.90. The first kappa shape index (κ1) is 14.3. The molecular weight excluding hydrogens is 234 g/mol. The van der Waals surface area contributed by atoms with Crippen molar-refractivity contribution >= 4 is 11.9 Å². The SMILES string of the molecule is CC(N(C)C(=O)c1cc(C(=O)O)co1)C(C)(C)C. The molecule has 0 fully saturated rings. The zero-order valence-electron chi connectivity index (χ0n) is 11.4. The van der Waals surface area contributed by atoms with Crippen LogP contribution in [0.15, 0.2) is 16.7 Å². The fourth-order valence-electron chi connectivity index (χ4n) is 1.49. The number of hydrogen-bond donors (Lipinski definition) is 1. The van der Waals surface area contributed by atoms with Gasteiger partial charge >= 0.3 is 5.97 Å². The third kappa shape index (κ3) is 2.91. The fraction of sp³-hybridized carbons (Fsp3) is 0.538. The average Bonchev–Trinajstić information content (AvgIpc) is 2.74. The monoisotopic (exact) mass is 253 g/mol. The molecule has 0 spiro atoms. The number of carboxylic acids is 1. The van der Waals surface area contributed by atoms with E-state index in [1.165, 1.54) is 6.07 Å². The van der Waals surface area contributed by atoms with Gasteiger partial charge in [-0.05, 0) is 12.3 Å². The van der Waals surface area contributed by atoms with E-state index in [-0.39, 0.29) is 28.7 Å². The number of carboxylic acid groups (broad SMARTS) is 1. The molecule has 0 aromatic carbocycles. The maximum Gasteiger partial charge on any atom is 0.338 e. The largest absolute Gasteiger partial charge is 0.478 e. The lowest BCUT2D eigenvalue weighted by Crippen LogP contribution is -2.42. The van der Waals surface area contributed by atoms with Crippen molar-refractivity contribution in [3.63, 3.8) is 0 Å². The van der Waals surface area contributed by atoms with E-state index in [9.17, 15) is 9.59 Å². The van der Waals surface area contributed by atoms with Gasteiger partial charge in [0.15, 0.2) is 5.76 Å². The van der Waals surface area contributed by atoms with Crippen LogP contribution in [0.25, 0.3) is 0 Å². The molecule has 0 radical (unpaired) electrons. The van der Waals surface area contributed by atoms with E-state index in [0.29, 0.717) is 0 Å². The van der Waals surface area contributed by atoms with Gasteiger partial charge in [0, 0.05) is 19.2 Å². The second kappa shape index (κ2) is 4.84. The van der Waals surface area contributed by atoms with Crippen LogP contribution in [0.5, 0.6) is 0 Å². The molecule has 1 unspecified atom stereocenters. The summed E-state index contributed by atoms with van der Waals surface area (Å²) in [4.78, 5) is 24.4. The van der Waals surface area contributed by atoms with Gasteiger partial charge in [-0.2, -0.15) is 0 Å². The molecular formula is C13H19NO4. The molecule has 1 N–H and O–H groups in total. The van der Waals surface area contributed by atoms with Gasteiger partial charge in [0.25, 0.3) is 5.91 Å². The van der Waals surface area contributed by atoms with Crippen molar-refractivity contribution in [1.29, 1.82) is 0 Å². The standard InChI is InChI=1S/C13H19NO4/c1-8(13(2,3)4)14(5)11(15)10-6-9(7-18-10)12(16)17/h6-8H,1-5H3,(H,16,17). The van der Waals surface area contributed by atoms with Crippen molar-refractivity contribution in [3.8, 4) is 0 Å². The van der Waals surface area contributed by atoms with Gasteiger partial charge in [0.05, 0.1) is 5.56 Å². The van der Waals surface area contributed by atoms with Gasteiger partial charge in [0.2, 0.25) is 0 Å². The van der Waals surface area contributed by atoms with Crippen LogP contribution in [0.1, 0.15) is 48.6 Å². The molecule has 1 amide bonds. The van der Waals surface area contributed by atoms with Crippen LogP contribution in [0.4, 0.5) is 0 Å². The van der Waals surface area contributed by atoms with E-state index in [2.05, 4.69) is 0 Å². The van der Waals surface area contributed by atoms with Gasteiger partial charge in [0.1, 0.15) is 6.26 Å². The highest BCUT2D eigenvalue weighted by atomic mass is 16.4. The van der Waals surface area contributed by atoms with Gasteiger partial charge in [-0.3, -0.25) is 4.79 Å². The predicted molar refractivity (Wildman–Crippen MR) is 66.7 cm³/mol. The van der Waals surface area contributed by atoms with Crippen LogP contribution in [0.3, 0.4) is 0 Å². The highest BCUT2D eigenvalue weighted by Crippen LogP contribution is 2.24. The highest BCUT2D eigenvalue weighted by Gasteiger charge is 2.29. The van der Waals surface area contributed by atoms with E-state index < -0.39 is 5.97 Å². The maximum absolute atomic E-state index is 12.1. The molecule has 1 rings (SSSR count). The Morgan fingerprint density at radius 1 is 1.39 bits per heavy atom. The molecule has 0 bridgehead atoms. The molecule has 1 aromatic heterocycles. The summed E-state index contributed by atoms with van der Waals surface area (Å²) in [5.41, 5.74) is -0.0812. The minimum atomic E-state index is -1.11. The molecule has 0 aliphatic heterocycles. The third-order valence-electron chi connectivity index (χ3n) is 3.21. The van der Waals surface area contributed by atoms with Crippen LogP contribution in [-0.4, -0.2) is 35.0 Å². The minimum absolute atomic E-state index is 0.00313. The zero-order valence-corrected chi connectivity index (χ0v) is 11.4. The Kier molecular flexibility index (Phi) is 3.84. The molecule has 5 nitrogen and oxygen atoms in total. The number of carbonyl (C=O) groups is 2. The molecule has 0 aliphatic carbocycles. The van der Waals surface area contributed by atoms with Gasteiger partial charge in [-0.25, -0.2) is 4.79 Å². The number of amides is 1. The number of hydrogen-bond acceptors (Lipinski definition) is 3. The van der Waals surface area contributed by atoms with Crippen molar-refractivity contribution < 1.29 is 19.1 Å². The minimum Gasteiger partial charge on any atom is -0.478 e. The quantitative estimate of drug-likeness (QED) is 0.898. The Labute approximate surface area is 106 Å². The number of furan rings is 1. The first-order valence-electron chi connectivity index (χ1n) is 5.73. The van der Waals surface area contributed by atoms with E-state index >= 15 is 0 Å². The fourth-order valence-corrected chi connectivity index (χ4v) is 1.49. The lowest BCUT2D eigenvalue weighted by Gasteiger charge is -2.34. The van der Waals surface area contributed by atoms with Gasteiger partial charge < -0.3 is 14.4 Å². The van der Waals surface area contributed by atoms with E-state index in [1.54, 1.807) is 11.9 Å². The van der Waals surface area contributed by atoms with Crippen LogP contribution in [-0.2, 0) is 0 Å². The summed E-state index contributed by atoms with van der Waals surface area (Å²) in [5.74, 6) is -1.37. The molecule has 18 heavy (non-hydrogen) atoms. The number of carbonyl (C=O) groups excluding carboxylic acids is 1. The number of rotatable bonds is 3. The summed E-state index contributed by atoms with van der Waals surface area (Å²) < 4.78 is 5.00. The number of nitrogens with zero attached hydrogens (tertiary/aromatic N) is 1. The highest BCUT2D eigenvalue weighted by molar-refractivity contribution is 5.95. The van der Waals surface area contributed by atoms with Gasteiger partial charge in [-0.1, -0.05) is 20.8 Å². The third-order valence-corrected chi connectivity index (χ3v) is 3.21. The Hall–Kier alpha value is -1.78. The first-order valence-corrected chi connectivity index (χ1v) is 5.73. The zero-order chi connectivity index (χ0) is 14.1. The van der Waals surface area contributed by atoms with Crippen molar-refractivity contribution in [1.82, 2.24) is 4.90 Å². The summed E-state index contributed by atoms with van der Waals surface area (Å²) in [5, 5.41) is 8.77. The normalized spacial score (nSPS) is 13.2. The van der Waals surface area contributed by atoms with Crippen LogP contribution in [0.2, 0.25) is 0 Å². The predicted octanol–water partition coefficient (Wildman–Crippen LogP) is 2.48. The molecule has 0 saturated heterocycles. The number of aromatic carboxylic acids is 1. The van der Waals surface area contributed by atoms with Crippen molar-refractivity contribution in [2.75, 3.05) is 7.05 Å². The summed E-state index contributed by atoms with van der Waals surface area (Å²) >= 11 is 0. The Morgan fingerprint density at radius 3 is 2.33 bits per heavy atom. The molecule has 100 valence electrons. The molecule has 1 aromatic rings. The smallest absolute Gasteiger partial charge is 0.338 e. The topological polar surface area (TPSA) is 70.8 Å². The molecule has 1 atom stereocenters. The van der Waals surface area contributed by atoms with Crippen molar-refractivity contribution in [3.05, 3.63) is 23.7 Å². The van der Waals surface area contributed by atoms with Crippen molar-refractivity contribution in [2.24, 2.45) is 5.41 Å². The first-order chi connectivity index (χ1) is 8.14. The summed E-state index contributed by atoms with van der Waals surface area (Å²) in [6.45, 7) is 8.05. The van der Waals surface area contributed by atoms with E-state index in [1.807, 2.05) is 27.7 Å². The second-order valence-corrected chi connectivity index (χ2v) is 5.46.